The highest BCUT2D eigenvalue weighted by Gasteiger charge is 2.29. The summed E-state index contributed by atoms with van der Waals surface area (Å²) in [6.45, 7) is 1.62. The lowest BCUT2D eigenvalue weighted by atomic mass is 10.1. The third kappa shape index (κ3) is 2.65. The third-order valence-corrected chi connectivity index (χ3v) is 4.03. The van der Waals surface area contributed by atoms with Gasteiger partial charge in [-0.15, -0.1) is 0 Å². The molecule has 1 aromatic carbocycles. The van der Waals surface area contributed by atoms with Crippen molar-refractivity contribution in [3.05, 3.63) is 41.2 Å². The topological polar surface area (TPSA) is 45.6 Å². The smallest absolute Gasteiger partial charge is 0.0950 e. The second-order valence-corrected chi connectivity index (χ2v) is 5.65. The van der Waals surface area contributed by atoms with Crippen LogP contribution in [0.25, 0.3) is 10.8 Å². The molecule has 0 saturated carbocycles. The fraction of sp³-hybridized carbons (Fsp3) is 0.400. The van der Waals surface area contributed by atoms with Gasteiger partial charge < -0.3 is 9.84 Å². The Morgan fingerprint density at radius 1 is 1.40 bits per heavy atom. The molecular formula is C15H17ClN2O2. The molecule has 0 spiro atoms. The van der Waals surface area contributed by atoms with Crippen molar-refractivity contribution in [3.63, 3.8) is 0 Å². The molecule has 1 aliphatic rings. The number of aliphatic hydroxyl groups is 1. The number of hydrogen-bond donors (Lipinski definition) is 1. The van der Waals surface area contributed by atoms with Crippen LogP contribution in [0.2, 0.25) is 5.02 Å². The monoisotopic (exact) mass is 292 g/mol. The number of nitrogens with zero attached hydrogens (tertiary/aromatic N) is 2. The first-order chi connectivity index (χ1) is 9.65. The van der Waals surface area contributed by atoms with Crippen molar-refractivity contribution in [2.45, 2.75) is 18.7 Å². The normalized spacial score (nSPS) is 22.8. The molecular weight excluding hydrogens is 276 g/mol. The van der Waals surface area contributed by atoms with Gasteiger partial charge in [0.15, 0.2) is 0 Å². The summed E-state index contributed by atoms with van der Waals surface area (Å²) in [6, 6.07) is 7.81. The molecule has 0 unspecified atom stereocenters. The van der Waals surface area contributed by atoms with Crippen molar-refractivity contribution in [1.29, 1.82) is 0 Å². The molecule has 0 bridgehead atoms. The summed E-state index contributed by atoms with van der Waals surface area (Å²) in [5.74, 6) is 0. The Labute approximate surface area is 122 Å². The van der Waals surface area contributed by atoms with Gasteiger partial charge in [-0.25, -0.2) is 0 Å². The van der Waals surface area contributed by atoms with Gasteiger partial charge in [-0.1, -0.05) is 17.7 Å². The Kier molecular flexibility index (Phi) is 3.89. The predicted molar refractivity (Wildman–Crippen MR) is 78.8 cm³/mol. The average Bonchev–Trinajstić information content (AvgIpc) is 2.86. The van der Waals surface area contributed by atoms with Gasteiger partial charge in [0.05, 0.1) is 31.1 Å². The summed E-state index contributed by atoms with van der Waals surface area (Å²) in [5, 5.41) is 12.8. The van der Waals surface area contributed by atoms with E-state index in [2.05, 4.69) is 9.88 Å². The highest BCUT2D eigenvalue weighted by Crippen LogP contribution is 2.23. The number of rotatable bonds is 3. The number of likely N-dealkylation sites (N-methyl/N-ethyl adjacent to an activating group) is 1. The van der Waals surface area contributed by atoms with E-state index >= 15 is 0 Å². The van der Waals surface area contributed by atoms with E-state index in [4.69, 9.17) is 16.3 Å². The number of fused-ring (bicyclic) bond motifs is 1. The SMILES string of the molecule is CN(Cc1nccc2ccc(Cl)cc12)[C@@H]1COC[C@H]1O. The first-order valence-corrected chi connectivity index (χ1v) is 7.02. The molecule has 3 rings (SSSR count). The molecule has 0 radical (unpaired) electrons. The summed E-state index contributed by atoms with van der Waals surface area (Å²) in [5.41, 5.74) is 0.964. The lowest BCUT2D eigenvalue weighted by Gasteiger charge is -2.25. The number of aliphatic hydroxyl groups excluding tert-OH is 1. The van der Waals surface area contributed by atoms with Crippen LogP contribution in [-0.4, -0.2) is 47.4 Å². The second kappa shape index (κ2) is 5.66. The Morgan fingerprint density at radius 3 is 3.00 bits per heavy atom. The fourth-order valence-corrected chi connectivity index (χ4v) is 2.81. The zero-order chi connectivity index (χ0) is 14.1. The molecule has 1 fully saturated rings. The third-order valence-electron chi connectivity index (χ3n) is 3.80. The minimum Gasteiger partial charge on any atom is -0.389 e. The van der Waals surface area contributed by atoms with Crippen molar-refractivity contribution >= 4 is 22.4 Å². The standard InChI is InChI=1S/C15H17ClN2O2/c1-18(14-8-20-9-15(14)19)7-13-12-6-11(16)3-2-10(12)4-5-17-13/h2-6,14-15,19H,7-9H2,1H3/t14-,15-/m1/s1. The first-order valence-electron chi connectivity index (χ1n) is 6.64. The van der Waals surface area contributed by atoms with Crippen LogP contribution in [-0.2, 0) is 11.3 Å². The average molecular weight is 293 g/mol. The number of halogens is 1. The van der Waals surface area contributed by atoms with Crippen LogP contribution in [0.5, 0.6) is 0 Å². The van der Waals surface area contributed by atoms with Crippen LogP contribution in [0, 0.1) is 0 Å². The van der Waals surface area contributed by atoms with E-state index in [0.717, 1.165) is 16.5 Å². The molecule has 0 aliphatic carbocycles. The van der Waals surface area contributed by atoms with Crippen LogP contribution in [0.1, 0.15) is 5.69 Å². The largest absolute Gasteiger partial charge is 0.389 e. The summed E-state index contributed by atoms with van der Waals surface area (Å²) < 4.78 is 5.30. The first kappa shape index (κ1) is 13.8. The summed E-state index contributed by atoms with van der Waals surface area (Å²) in [4.78, 5) is 6.55. The number of hydrogen-bond acceptors (Lipinski definition) is 4. The molecule has 1 aromatic heterocycles. The van der Waals surface area contributed by atoms with Crippen LogP contribution in [0.15, 0.2) is 30.5 Å². The summed E-state index contributed by atoms with van der Waals surface area (Å²) in [7, 11) is 1.98. The van der Waals surface area contributed by atoms with Crippen molar-refractivity contribution in [3.8, 4) is 0 Å². The van der Waals surface area contributed by atoms with Gasteiger partial charge >= 0.3 is 0 Å². The zero-order valence-corrected chi connectivity index (χ0v) is 12.0. The molecule has 2 atom stereocenters. The Hall–Kier alpha value is -1.20. The van der Waals surface area contributed by atoms with Gasteiger partial charge in [0, 0.05) is 23.2 Å². The van der Waals surface area contributed by atoms with Crippen LogP contribution in [0.3, 0.4) is 0 Å². The van der Waals surface area contributed by atoms with E-state index in [0.29, 0.717) is 24.8 Å². The van der Waals surface area contributed by atoms with Crippen molar-refractivity contribution in [2.75, 3.05) is 20.3 Å². The number of benzene rings is 1. The minimum absolute atomic E-state index is 0.0197. The fourth-order valence-electron chi connectivity index (χ4n) is 2.63. The number of ether oxygens (including phenoxy) is 1. The summed E-state index contributed by atoms with van der Waals surface area (Å²) in [6.07, 6.45) is 1.37. The van der Waals surface area contributed by atoms with E-state index in [1.165, 1.54) is 0 Å². The lowest BCUT2D eigenvalue weighted by Crippen LogP contribution is -2.40. The molecule has 2 aromatic rings. The maximum Gasteiger partial charge on any atom is 0.0950 e. The quantitative estimate of drug-likeness (QED) is 0.941. The Morgan fingerprint density at radius 2 is 2.25 bits per heavy atom. The van der Waals surface area contributed by atoms with Crippen LogP contribution < -0.4 is 0 Å². The Bertz CT molecular complexity index is 620. The molecule has 20 heavy (non-hydrogen) atoms. The van der Waals surface area contributed by atoms with E-state index in [1.54, 1.807) is 6.20 Å². The second-order valence-electron chi connectivity index (χ2n) is 5.21. The van der Waals surface area contributed by atoms with Crippen molar-refractivity contribution in [2.24, 2.45) is 0 Å². The molecule has 1 aliphatic heterocycles. The highest BCUT2D eigenvalue weighted by molar-refractivity contribution is 6.31. The minimum atomic E-state index is -0.432. The van der Waals surface area contributed by atoms with E-state index < -0.39 is 6.10 Å². The number of aromatic nitrogens is 1. The van der Waals surface area contributed by atoms with E-state index in [1.807, 2.05) is 31.3 Å². The zero-order valence-electron chi connectivity index (χ0n) is 11.3. The summed E-state index contributed by atoms with van der Waals surface area (Å²) >= 11 is 6.08. The lowest BCUT2D eigenvalue weighted by molar-refractivity contribution is 0.0922. The van der Waals surface area contributed by atoms with Crippen LogP contribution >= 0.6 is 11.6 Å². The van der Waals surface area contributed by atoms with Gasteiger partial charge in [-0.2, -0.15) is 0 Å². The molecule has 1 saturated heterocycles. The van der Waals surface area contributed by atoms with Gasteiger partial charge in [-0.3, -0.25) is 9.88 Å². The van der Waals surface area contributed by atoms with E-state index in [9.17, 15) is 5.11 Å². The predicted octanol–water partition coefficient (Wildman–Crippen LogP) is 2.08. The molecule has 0 amide bonds. The van der Waals surface area contributed by atoms with Gasteiger partial charge in [0.2, 0.25) is 0 Å². The maximum absolute atomic E-state index is 9.89. The van der Waals surface area contributed by atoms with E-state index in [-0.39, 0.29) is 6.04 Å². The molecule has 5 heteroatoms. The van der Waals surface area contributed by atoms with Gasteiger partial charge in [0.1, 0.15) is 0 Å². The maximum atomic E-state index is 9.89. The highest BCUT2D eigenvalue weighted by atomic mass is 35.5. The van der Waals surface area contributed by atoms with Gasteiger partial charge in [0.25, 0.3) is 0 Å². The Balaban J connectivity index is 1.88. The number of pyridine rings is 1. The molecule has 2 heterocycles. The van der Waals surface area contributed by atoms with Crippen molar-refractivity contribution in [1.82, 2.24) is 9.88 Å². The molecule has 106 valence electrons. The van der Waals surface area contributed by atoms with Gasteiger partial charge in [-0.05, 0) is 30.6 Å². The van der Waals surface area contributed by atoms with Crippen molar-refractivity contribution < 1.29 is 9.84 Å². The molecule has 1 N–H and O–H groups in total. The molecule has 4 nitrogen and oxygen atoms in total. The van der Waals surface area contributed by atoms with Crippen LogP contribution in [0.4, 0.5) is 0 Å².